The van der Waals surface area contributed by atoms with Crippen molar-refractivity contribution in [1.29, 1.82) is 0 Å². The highest BCUT2D eigenvalue weighted by atomic mass is 16.5. The fraction of sp³-hybridized carbons (Fsp3) is 0.688. The summed E-state index contributed by atoms with van der Waals surface area (Å²) >= 11 is 0. The molecule has 1 saturated heterocycles. The highest BCUT2D eigenvalue weighted by molar-refractivity contribution is 6.07. The number of aromatic nitrogens is 1. The molecule has 1 aliphatic heterocycles. The average Bonchev–Trinajstić information content (AvgIpc) is 2.91. The predicted molar refractivity (Wildman–Crippen MR) is 80.0 cm³/mol. The van der Waals surface area contributed by atoms with Crippen LogP contribution in [0.15, 0.2) is 4.52 Å². The summed E-state index contributed by atoms with van der Waals surface area (Å²) in [5.41, 5.74) is 0.800. The summed E-state index contributed by atoms with van der Waals surface area (Å²) in [5, 5.41) is 6.90. The Morgan fingerprint density at radius 1 is 1.27 bits per heavy atom. The van der Waals surface area contributed by atoms with E-state index in [1.807, 2.05) is 6.92 Å². The quantitative estimate of drug-likeness (QED) is 0.852. The van der Waals surface area contributed by atoms with Gasteiger partial charge >= 0.3 is 6.03 Å². The van der Waals surface area contributed by atoms with Crippen LogP contribution in [0, 0.1) is 25.7 Å². The van der Waals surface area contributed by atoms with Crippen molar-refractivity contribution in [2.45, 2.75) is 59.0 Å². The van der Waals surface area contributed by atoms with Crippen LogP contribution in [0.1, 0.15) is 50.1 Å². The van der Waals surface area contributed by atoms with Gasteiger partial charge in [-0.15, -0.1) is 0 Å². The molecule has 1 spiro atoms. The van der Waals surface area contributed by atoms with Crippen LogP contribution in [0.3, 0.4) is 0 Å². The summed E-state index contributed by atoms with van der Waals surface area (Å²) in [5.74, 6) is 0.866. The van der Waals surface area contributed by atoms with Gasteiger partial charge in [-0.05, 0) is 38.5 Å². The van der Waals surface area contributed by atoms with Gasteiger partial charge in [0.2, 0.25) is 0 Å². The van der Waals surface area contributed by atoms with Crippen LogP contribution in [-0.4, -0.2) is 27.5 Å². The molecule has 22 heavy (non-hydrogen) atoms. The maximum absolute atomic E-state index is 13.1. The number of hydrogen-bond donors (Lipinski definition) is 1. The molecule has 2 aliphatic rings. The van der Waals surface area contributed by atoms with Crippen molar-refractivity contribution in [1.82, 2.24) is 15.4 Å². The second kappa shape index (κ2) is 5.11. The van der Waals surface area contributed by atoms with E-state index in [4.69, 9.17) is 4.52 Å². The highest BCUT2D eigenvalue weighted by Crippen LogP contribution is 2.42. The fourth-order valence-corrected chi connectivity index (χ4v) is 3.98. The minimum absolute atomic E-state index is 0.0998. The Hall–Kier alpha value is -1.85. The second-order valence-electron chi connectivity index (χ2n) is 6.73. The number of carbonyl (C=O) groups excluding carboxylic acids is 2. The lowest BCUT2D eigenvalue weighted by Crippen LogP contribution is -2.58. The third-order valence-corrected chi connectivity index (χ3v) is 5.48. The van der Waals surface area contributed by atoms with Gasteiger partial charge in [0.15, 0.2) is 0 Å². The summed E-state index contributed by atoms with van der Waals surface area (Å²) in [7, 11) is 0. The molecule has 6 nitrogen and oxygen atoms in total. The van der Waals surface area contributed by atoms with Crippen LogP contribution >= 0.6 is 0 Å². The number of carbonyl (C=O) groups is 2. The van der Waals surface area contributed by atoms with E-state index in [-0.39, 0.29) is 30.3 Å². The summed E-state index contributed by atoms with van der Waals surface area (Å²) in [6, 6.07) is -0.300. The minimum Gasteiger partial charge on any atom is -0.361 e. The zero-order chi connectivity index (χ0) is 16.1. The van der Waals surface area contributed by atoms with Gasteiger partial charge in [-0.25, -0.2) is 4.79 Å². The van der Waals surface area contributed by atoms with Crippen molar-refractivity contribution in [3.8, 4) is 0 Å². The van der Waals surface area contributed by atoms with Gasteiger partial charge in [-0.2, -0.15) is 0 Å². The predicted octanol–water partition coefficient (Wildman–Crippen LogP) is 2.54. The Bertz CT molecular complexity index is 593. The van der Waals surface area contributed by atoms with Crippen molar-refractivity contribution in [2.24, 2.45) is 11.8 Å². The number of hydrogen-bond acceptors (Lipinski definition) is 4. The molecule has 0 bridgehead atoms. The van der Waals surface area contributed by atoms with Crippen LogP contribution < -0.4 is 5.32 Å². The van der Waals surface area contributed by atoms with Crippen molar-refractivity contribution < 1.29 is 14.1 Å². The van der Waals surface area contributed by atoms with Crippen LogP contribution in [0.25, 0.3) is 0 Å². The van der Waals surface area contributed by atoms with Gasteiger partial charge < -0.3 is 9.84 Å². The van der Waals surface area contributed by atoms with E-state index in [1.165, 1.54) is 4.90 Å². The molecule has 6 heteroatoms. The summed E-state index contributed by atoms with van der Waals surface area (Å²) in [6.45, 7) is 7.98. The first-order valence-electron chi connectivity index (χ1n) is 7.93. The van der Waals surface area contributed by atoms with Crippen molar-refractivity contribution in [2.75, 3.05) is 0 Å². The first-order chi connectivity index (χ1) is 10.4. The first kappa shape index (κ1) is 15.1. The number of aryl methyl sites for hydroxylation is 2. The van der Waals surface area contributed by atoms with Gasteiger partial charge in [-0.1, -0.05) is 25.4 Å². The molecule has 0 aromatic carbocycles. The normalized spacial score (nSPS) is 31.9. The number of amides is 3. The zero-order valence-electron chi connectivity index (χ0n) is 13.6. The Morgan fingerprint density at radius 3 is 2.45 bits per heavy atom. The lowest BCUT2D eigenvalue weighted by atomic mass is 9.67. The molecule has 3 atom stereocenters. The Labute approximate surface area is 130 Å². The van der Waals surface area contributed by atoms with Crippen LogP contribution in [0.5, 0.6) is 0 Å². The molecule has 3 amide bonds. The lowest BCUT2D eigenvalue weighted by molar-refractivity contribution is -0.136. The maximum Gasteiger partial charge on any atom is 0.325 e. The number of nitrogens with one attached hydrogen (secondary N) is 1. The standard InChI is InChI=1S/C16H23N3O3/c1-9-6-5-7-10(2)16(9)14(20)19(15(21)17-16)8-13-11(3)18-22-12(13)4/h9-10H,5-8H2,1-4H3,(H,17,21)/t9-,10+,16?. The third kappa shape index (κ3) is 1.96. The molecule has 1 unspecified atom stereocenters. The molecule has 2 fully saturated rings. The smallest absolute Gasteiger partial charge is 0.325 e. The van der Waals surface area contributed by atoms with Crippen molar-refractivity contribution >= 4 is 11.9 Å². The first-order valence-corrected chi connectivity index (χ1v) is 7.93. The Kier molecular flexibility index (Phi) is 3.50. The van der Waals surface area contributed by atoms with Crippen LogP contribution in [-0.2, 0) is 11.3 Å². The van der Waals surface area contributed by atoms with Crippen LogP contribution in [0.2, 0.25) is 0 Å². The van der Waals surface area contributed by atoms with Gasteiger partial charge in [0.1, 0.15) is 11.3 Å². The third-order valence-electron chi connectivity index (χ3n) is 5.48. The number of rotatable bonds is 2. The Balaban J connectivity index is 1.92. The largest absolute Gasteiger partial charge is 0.361 e. The summed E-state index contributed by atoms with van der Waals surface area (Å²) in [4.78, 5) is 26.8. The van der Waals surface area contributed by atoms with E-state index in [0.717, 1.165) is 30.5 Å². The summed E-state index contributed by atoms with van der Waals surface area (Å²) < 4.78 is 5.14. The van der Waals surface area contributed by atoms with Crippen LogP contribution in [0.4, 0.5) is 4.79 Å². The van der Waals surface area contributed by atoms with E-state index >= 15 is 0 Å². The summed E-state index contributed by atoms with van der Waals surface area (Å²) in [6.07, 6.45) is 3.04. The molecular formula is C16H23N3O3. The van der Waals surface area contributed by atoms with Gasteiger partial charge in [0.05, 0.1) is 12.2 Å². The molecule has 3 rings (SSSR count). The topological polar surface area (TPSA) is 75.4 Å². The molecule has 1 saturated carbocycles. The lowest BCUT2D eigenvalue weighted by Gasteiger charge is -2.42. The molecule has 1 N–H and O–H groups in total. The molecular weight excluding hydrogens is 282 g/mol. The van der Waals surface area contributed by atoms with E-state index in [1.54, 1.807) is 6.92 Å². The molecule has 120 valence electrons. The second-order valence-corrected chi connectivity index (χ2v) is 6.73. The van der Waals surface area contributed by atoms with Gasteiger partial charge in [0, 0.05) is 5.56 Å². The van der Waals surface area contributed by atoms with Crippen molar-refractivity contribution in [3.63, 3.8) is 0 Å². The van der Waals surface area contributed by atoms with E-state index in [9.17, 15) is 9.59 Å². The Morgan fingerprint density at radius 2 is 1.91 bits per heavy atom. The average molecular weight is 305 g/mol. The minimum atomic E-state index is -0.742. The van der Waals surface area contributed by atoms with E-state index in [2.05, 4.69) is 24.3 Å². The molecule has 0 radical (unpaired) electrons. The van der Waals surface area contributed by atoms with E-state index < -0.39 is 5.54 Å². The molecule has 1 aromatic rings. The molecule has 2 heterocycles. The SMILES string of the molecule is Cc1noc(C)c1CN1C(=O)NC2(C1=O)[C@H](C)CCC[C@@H]2C. The molecule has 1 aliphatic carbocycles. The van der Waals surface area contributed by atoms with Gasteiger partial charge in [0.25, 0.3) is 5.91 Å². The fourth-order valence-electron chi connectivity index (χ4n) is 3.98. The number of imide groups is 1. The highest BCUT2D eigenvalue weighted by Gasteiger charge is 2.58. The van der Waals surface area contributed by atoms with Crippen molar-refractivity contribution in [3.05, 3.63) is 17.0 Å². The van der Waals surface area contributed by atoms with E-state index in [0.29, 0.717) is 5.76 Å². The molecule has 1 aromatic heterocycles. The number of nitrogens with zero attached hydrogens (tertiary/aromatic N) is 2. The zero-order valence-corrected chi connectivity index (χ0v) is 13.6. The number of urea groups is 1. The monoisotopic (exact) mass is 305 g/mol. The van der Waals surface area contributed by atoms with Gasteiger partial charge in [-0.3, -0.25) is 9.69 Å². The maximum atomic E-state index is 13.1.